The molecule has 3 amide bonds. The first-order valence-corrected chi connectivity index (χ1v) is 15.7. The zero-order valence-corrected chi connectivity index (χ0v) is 25.4. The molecule has 3 fully saturated rings. The van der Waals surface area contributed by atoms with E-state index in [1.807, 2.05) is 34.2 Å². The third-order valence-electron chi connectivity index (χ3n) is 8.55. The van der Waals surface area contributed by atoms with Gasteiger partial charge in [0.2, 0.25) is 5.91 Å². The average Bonchev–Trinajstić information content (AvgIpc) is 2.98. The van der Waals surface area contributed by atoms with Crippen LogP contribution in [0.25, 0.3) is 0 Å². The number of rotatable bonds is 7. The minimum atomic E-state index is -0.711. The van der Waals surface area contributed by atoms with Crippen molar-refractivity contribution in [3.63, 3.8) is 0 Å². The van der Waals surface area contributed by atoms with Crippen molar-refractivity contribution in [3.05, 3.63) is 57.8 Å². The summed E-state index contributed by atoms with van der Waals surface area (Å²) < 4.78 is 6.45. The molecule has 0 spiro atoms. The molecule has 1 aromatic carbocycles. The first-order chi connectivity index (χ1) is 19.9. The van der Waals surface area contributed by atoms with Crippen LogP contribution in [0.1, 0.15) is 62.1 Å². The maximum absolute atomic E-state index is 13.9. The van der Waals surface area contributed by atoms with Gasteiger partial charge in [0.25, 0.3) is 0 Å². The summed E-state index contributed by atoms with van der Waals surface area (Å²) in [6, 6.07) is 8.33. The fourth-order valence-corrected chi connectivity index (χ4v) is 6.73. The van der Waals surface area contributed by atoms with Crippen LogP contribution >= 0.6 is 23.2 Å². The molecule has 41 heavy (non-hydrogen) atoms. The number of aromatic nitrogens is 1. The van der Waals surface area contributed by atoms with Crippen LogP contribution in [0.2, 0.25) is 10.0 Å². The highest BCUT2D eigenvalue weighted by atomic mass is 35.5. The Morgan fingerprint density at radius 3 is 2.51 bits per heavy atom. The van der Waals surface area contributed by atoms with Crippen LogP contribution < -0.4 is 10.1 Å². The Morgan fingerprint density at radius 2 is 1.78 bits per heavy atom. The number of benzene rings is 1. The number of amides is 3. The number of carbonyl (C=O) groups is 2. The van der Waals surface area contributed by atoms with Crippen molar-refractivity contribution in [1.29, 1.82) is 0 Å². The second-order valence-electron chi connectivity index (χ2n) is 11.6. The standard InChI is InChI=1S/C31H41Cl2N5O3/c1-36-14-6-7-25(21-36)41-28-8-5-13-34-29(28)22-11-17-37(18-12-22)30(39)27(19-23-9-10-24(32)20-26(23)33)35-31(40)38-15-3-2-4-16-38/h5,8-10,13,20,22,25,27H,2-4,6-7,11-12,14-19,21H2,1H3,(H,35,40)/t25-,27+/m0/s1. The van der Waals surface area contributed by atoms with Gasteiger partial charge in [-0.05, 0) is 88.4 Å². The number of pyridine rings is 1. The van der Waals surface area contributed by atoms with Gasteiger partial charge < -0.3 is 24.8 Å². The summed E-state index contributed by atoms with van der Waals surface area (Å²) in [5.41, 5.74) is 1.77. The van der Waals surface area contributed by atoms with E-state index in [0.717, 1.165) is 75.0 Å². The number of halogens is 2. The van der Waals surface area contributed by atoms with E-state index in [4.69, 9.17) is 32.9 Å². The van der Waals surface area contributed by atoms with Crippen molar-refractivity contribution in [1.82, 2.24) is 25.0 Å². The lowest BCUT2D eigenvalue weighted by molar-refractivity contribution is -0.134. The summed E-state index contributed by atoms with van der Waals surface area (Å²) in [5.74, 6) is 0.993. The number of likely N-dealkylation sites (tertiary alicyclic amines) is 3. The monoisotopic (exact) mass is 601 g/mol. The minimum absolute atomic E-state index is 0.0810. The molecular formula is C31H41Cl2N5O3. The molecule has 5 rings (SSSR count). The van der Waals surface area contributed by atoms with E-state index in [9.17, 15) is 9.59 Å². The second kappa shape index (κ2) is 14.1. The fraction of sp³-hybridized carbons (Fsp3) is 0.581. The number of urea groups is 1. The molecule has 1 aromatic heterocycles. The van der Waals surface area contributed by atoms with E-state index in [-0.39, 0.29) is 24.0 Å². The number of carbonyl (C=O) groups excluding carboxylic acids is 2. The van der Waals surface area contributed by atoms with Crippen molar-refractivity contribution in [2.45, 2.75) is 69.4 Å². The maximum Gasteiger partial charge on any atom is 0.318 e. The number of likely N-dealkylation sites (N-methyl/N-ethyl adjacent to an activating group) is 1. The first kappa shape index (κ1) is 29.9. The maximum atomic E-state index is 13.9. The number of hydrogen-bond acceptors (Lipinski definition) is 5. The molecule has 0 aliphatic carbocycles. The summed E-state index contributed by atoms with van der Waals surface area (Å²) >= 11 is 12.6. The van der Waals surface area contributed by atoms with Gasteiger partial charge in [-0.2, -0.15) is 0 Å². The van der Waals surface area contributed by atoms with E-state index in [1.54, 1.807) is 12.1 Å². The van der Waals surface area contributed by atoms with Crippen LogP contribution in [0.3, 0.4) is 0 Å². The van der Waals surface area contributed by atoms with E-state index >= 15 is 0 Å². The molecule has 2 aromatic rings. The molecule has 3 aliphatic rings. The third-order valence-corrected chi connectivity index (χ3v) is 9.13. The largest absolute Gasteiger partial charge is 0.487 e. The van der Waals surface area contributed by atoms with Crippen molar-refractivity contribution in [3.8, 4) is 5.75 Å². The Kier molecular flexibility index (Phi) is 10.3. The molecule has 10 heteroatoms. The highest BCUT2D eigenvalue weighted by Gasteiger charge is 2.33. The predicted molar refractivity (Wildman–Crippen MR) is 162 cm³/mol. The first-order valence-electron chi connectivity index (χ1n) is 15.0. The van der Waals surface area contributed by atoms with Crippen LogP contribution in [0.4, 0.5) is 4.79 Å². The lowest BCUT2D eigenvalue weighted by atomic mass is 9.91. The van der Waals surface area contributed by atoms with Crippen molar-refractivity contribution in [2.24, 2.45) is 0 Å². The molecule has 0 bridgehead atoms. The van der Waals surface area contributed by atoms with Crippen molar-refractivity contribution in [2.75, 3.05) is 46.3 Å². The third kappa shape index (κ3) is 7.85. The van der Waals surface area contributed by atoms with E-state index in [0.29, 0.717) is 42.6 Å². The van der Waals surface area contributed by atoms with E-state index in [2.05, 4.69) is 17.3 Å². The Balaban J connectivity index is 1.25. The quantitative estimate of drug-likeness (QED) is 0.461. The van der Waals surface area contributed by atoms with Crippen molar-refractivity contribution >= 4 is 35.1 Å². The SMILES string of the molecule is CN1CCC[C@H](Oc2cccnc2C2CCN(C(=O)[C@@H](Cc3ccc(Cl)cc3Cl)NC(=O)N3CCCCC3)CC2)C1. The molecule has 8 nitrogen and oxygen atoms in total. The second-order valence-corrected chi connectivity index (χ2v) is 12.5. The highest BCUT2D eigenvalue weighted by molar-refractivity contribution is 6.35. The molecule has 4 heterocycles. The number of hydrogen-bond donors (Lipinski definition) is 1. The van der Waals surface area contributed by atoms with Crippen LogP contribution in [-0.2, 0) is 11.2 Å². The molecule has 3 saturated heterocycles. The summed E-state index contributed by atoms with van der Waals surface area (Å²) in [5, 5.41) is 4.07. The molecule has 222 valence electrons. The summed E-state index contributed by atoms with van der Waals surface area (Å²) in [4.78, 5) is 37.8. The van der Waals surface area contributed by atoms with E-state index in [1.165, 1.54) is 0 Å². The molecule has 0 unspecified atom stereocenters. The zero-order chi connectivity index (χ0) is 28.8. The lowest BCUT2D eigenvalue weighted by Gasteiger charge is -2.36. The Morgan fingerprint density at radius 1 is 1.00 bits per heavy atom. The minimum Gasteiger partial charge on any atom is -0.487 e. The van der Waals surface area contributed by atoms with Crippen LogP contribution in [0, 0.1) is 0 Å². The smallest absolute Gasteiger partial charge is 0.318 e. The van der Waals surface area contributed by atoms with Gasteiger partial charge in [-0.1, -0.05) is 29.3 Å². The van der Waals surface area contributed by atoms with Gasteiger partial charge in [0.05, 0.1) is 5.69 Å². The normalized spacial score (nSPS) is 21.4. The molecule has 0 saturated carbocycles. The molecular weight excluding hydrogens is 561 g/mol. The van der Waals surface area contributed by atoms with Crippen molar-refractivity contribution < 1.29 is 14.3 Å². The fourth-order valence-electron chi connectivity index (χ4n) is 6.24. The predicted octanol–water partition coefficient (Wildman–Crippen LogP) is 5.37. The number of ether oxygens (including phenoxy) is 1. The Bertz CT molecular complexity index is 1200. The Labute approximate surface area is 253 Å². The molecule has 0 radical (unpaired) electrons. The summed E-state index contributed by atoms with van der Waals surface area (Å²) in [7, 11) is 2.13. The van der Waals surface area contributed by atoms with Crippen LogP contribution in [-0.4, -0.2) is 90.1 Å². The zero-order valence-electron chi connectivity index (χ0n) is 23.9. The van der Waals surface area contributed by atoms with E-state index < -0.39 is 6.04 Å². The van der Waals surface area contributed by atoms with Gasteiger partial charge in [-0.25, -0.2) is 4.79 Å². The summed E-state index contributed by atoms with van der Waals surface area (Å²) in [6.45, 7) is 4.64. The Hall–Kier alpha value is -2.55. The summed E-state index contributed by atoms with van der Waals surface area (Å²) in [6.07, 6.45) is 9.16. The van der Waals surface area contributed by atoms with Gasteiger partial charge in [0.1, 0.15) is 17.9 Å². The molecule has 1 N–H and O–H groups in total. The van der Waals surface area contributed by atoms with Gasteiger partial charge in [-0.15, -0.1) is 0 Å². The van der Waals surface area contributed by atoms with Gasteiger partial charge >= 0.3 is 6.03 Å². The average molecular weight is 603 g/mol. The van der Waals surface area contributed by atoms with Crippen LogP contribution in [0.5, 0.6) is 5.75 Å². The van der Waals surface area contributed by atoms with Gasteiger partial charge in [-0.3, -0.25) is 9.78 Å². The van der Waals surface area contributed by atoms with Crippen LogP contribution in [0.15, 0.2) is 36.5 Å². The van der Waals surface area contributed by atoms with Gasteiger partial charge in [0.15, 0.2) is 0 Å². The number of piperidine rings is 3. The highest BCUT2D eigenvalue weighted by Crippen LogP contribution is 2.34. The molecule has 2 atom stereocenters. The topological polar surface area (TPSA) is 78.0 Å². The molecule has 3 aliphatic heterocycles. The lowest BCUT2D eigenvalue weighted by Crippen LogP contribution is -2.55. The number of nitrogens with zero attached hydrogens (tertiary/aromatic N) is 4. The van der Waals surface area contributed by atoms with Gasteiger partial charge in [0, 0.05) is 61.3 Å². The number of nitrogens with one attached hydrogen (secondary N) is 1.